The molecule has 1 fully saturated rings. The van der Waals surface area contributed by atoms with Crippen LogP contribution in [0.25, 0.3) is 0 Å². The van der Waals surface area contributed by atoms with Crippen molar-refractivity contribution in [2.45, 2.75) is 32.2 Å². The lowest BCUT2D eigenvalue weighted by Gasteiger charge is -2.04. The van der Waals surface area contributed by atoms with Crippen LogP contribution < -0.4 is 5.32 Å². The second-order valence-electron chi connectivity index (χ2n) is 5.53. The third-order valence-electron chi connectivity index (χ3n) is 3.66. The first-order valence-corrected chi connectivity index (χ1v) is 6.93. The van der Waals surface area contributed by atoms with Crippen molar-refractivity contribution in [1.29, 1.82) is 5.26 Å². The van der Waals surface area contributed by atoms with Crippen LogP contribution >= 0.6 is 0 Å². The van der Waals surface area contributed by atoms with Gasteiger partial charge in [0, 0.05) is 24.1 Å². The Morgan fingerprint density at radius 1 is 1.62 bits per heavy atom. The highest BCUT2D eigenvalue weighted by Crippen LogP contribution is 2.48. The lowest BCUT2D eigenvalue weighted by Crippen LogP contribution is -2.16. The summed E-state index contributed by atoms with van der Waals surface area (Å²) in [6.07, 6.45) is 4.03. The van der Waals surface area contributed by atoms with Gasteiger partial charge < -0.3 is 9.73 Å². The molecule has 1 aliphatic carbocycles. The quantitative estimate of drug-likeness (QED) is 0.935. The van der Waals surface area contributed by atoms with Crippen LogP contribution in [0.15, 0.2) is 29.0 Å². The van der Waals surface area contributed by atoms with Crippen molar-refractivity contribution in [3.05, 3.63) is 35.9 Å². The molecule has 108 valence electrons. The predicted molar refractivity (Wildman–Crippen MR) is 75.5 cm³/mol. The number of anilines is 1. The van der Waals surface area contributed by atoms with E-state index in [0.717, 1.165) is 12.2 Å². The number of hydrogen-bond donors (Lipinski definition) is 1. The Bertz CT molecular complexity index is 694. The van der Waals surface area contributed by atoms with Crippen LogP contribution in [-0.2, 0) is 4.79 Å². The van der Waals surface area contributed by atoms with Crippen molar-refractivity contribution in [3.63, 3.8) is 0 Å². The van der Waals surface area contributed by atoms with Crippen LogP contribution in [0.5, 0.6) is 0 Å². The van der Waals surface area contributed by atoms with E-state index in [1.165, 1.54) is 0 Å². The number of rotatable bonds is 4. The Morgan fingerprint density at radius 3 is 3.05 bits per heavy atom. The van der Waals surface area contributed by atoms with Crippen LogP contribution in [0.4, 0.5) is 5.82 Å². The second kappa shape index (κ2) is 5.09. The van der Waals surface area contributed by atoms with E-state index in [0.29, 0.717) is 11.4 Å². The number of furan rings is 1. The minimum absolute atomic E-state index is 0.105. The molecule has 21 heavy (non-hydrogen) atoms. The highest BCUT2D eigenvalue weighted by molar-refractivity contribution is 5.95. The molecule has 2 aromatic heterocycles. The molecule has 1 aliphatic rings. The van der Waals surface area contributed by atoms with E-state index in [1.807, 2.05) is 26.0 Å². The largest absolute Gasteiger partial charge is 0.469 e. The number of aromatic nitrogens is 2. The number of hydrogen-bond acceptors (Lipinski definition) is 4. The molecular weight excluding hydrogens is 268 g/mol. The number of nitrogens with zero attached hydrogens (tertiary/aromatic N) is 3. The molecule has 2 atom stereocenters. The lowest BCUT2D eigenvalue weighted by molar-refractivity contribution is -0.117. The normalized spacial score (nSPS) is 20.3. The summed E-state index contributed by atoms with van der Waals surface area (Å²) in [6.45, 7) is 3.93. The van der Waals surface area contributed by atoms with Crippen molar-refractivity contribution in [2.75, 3.05) is 5.32 Å². The Balaban J connectivity index is 1.70. The first kappa shape index (κ1) is 13.4. The second-order valence-corrected chi connectivity index (χ2v) is 5.53. The monoisotopic (exact) mass is 284 g/mol. The number of amides is 1. The summed E-state index contributed by atoms with van der Waals surface area (Å²) in [5.74, 6) is 1.09. The zero-order valence-electron chi connectivity index (χ0n) is 11.9. The fraction of sp³-hybridized carbons (Fsp3) is 0.400. The van der Waals surface area contributed by atoms with Crippen LogP contribution in [0.2, 0.25) is 0 Å². The van der Waals surface area contributed by atoms with Gasteiger partial charge in [0.1, 0.15) is 17.4 Å². The van der Waals surface area contributed by atoms with Gasteiger partial charge >= 0.3 is 0 Å². The van der Waals surface area contributed by atoms with Gasteiger partial charge in [-0.3, -0.25) is 9.48 Å². The molecule has 2 heterocycles. The van der Waals surface area contributed by atoms with Crippen molar-refractivity contribution < 1.29 is 9.21 Å². The first-order valence-electron chi connectivity index (χ1n) is 6.93. The maximum absolute atomic E-state index is 12.2. The van der Waals surface area contributed by atoms with E-state index < -0.39 is 0 Å². The van der Waals surface area contributed by atoms with Crippen molar-refractivity contribution in [1.82, 2.24) is 9.78 Å². The topological polar surface area (TPSA) is 83.9 Å². The number of nitriles is 1. The number of carbonyl (C=O) groups excluding carboxylic acids is 1. The Labute approximate surface area is 122 Å². The molecule has 0 spiro atoms. The zero-order valence-corrected chi connectivity index (χ0v) is 11.9. The molecule has 0 bridgehead atoms. The summed E-state index contributed by atoms with van der Waals surface area (Å²) in [7, 11) is 0. The highest BCUT2D eigenvalue weighted by atomic mass is 16.3. The Kier molecular flexibility index (Phi) is 3.26. The van der Waals surface area contributed by atoms with Gasteiger partial charge in [-0.2, -0.15) is 10.4 Å². The maximum Gasteiger partial charge on any atom is 0.229 e. The van der Waals surface area contributed by atoms with Crippen LogP contribution in [0, 0.1) is 17.2 Å². The minimum atomic E-state index is -0.109. The summed E-state index contributed by atoms with van der Waals surface area (Å²) in [5, 5.41) is 16.1. The average molecular weight is 284 g/mol. The lowest BCUT2D eigenvalue weighted by atomic mass is 10.2. The standard InChI is InChI=1S/C15H16N4O2/c1-9(2)19-8-10(7-16)14(18-19)17-15(20)12-6-11(12)13-4-3-5-21-13/h3-5,8-9,11-12H,6H2,1-2H3,(H,17,18,20)/t11-,12+/m0/s1. The average Bonchev–Trinajstić information content (AvgIpc) is 2.89. The van der Waals surface area contributed by atoms with Crippen LogP contribution in [0.1, 0.15) is 43.6 Å². The van der Waals surface area contributed by atoms with Crippen molar-refractivity contribution in [3.8, 4) is 6.07 Å². The molecule has 3 rings (SSSR count). The molecule has 0 saturated heterocycles. The molecular formula is C15H16N4O2. The van der Waals surface area contributed by atoms with Crippen LogP contribution in [-0.4, -0.2) is 15.7 Å². The molecule has 2 aromatic rings. The number of nitrogens with one attached hydrogen (secondary N) is 1. The van der Waals surface area contributed by atoms with Gasteiger partial charge in [0.2, 0.25) is 5.91 Å². The van der Waals surface area contributed by atoms with E-state index in [1.54, 1.807) is 17.1 Å². The number of carbonyl (C=O) groups is 1. The molecule has 1 N–H and O–H groups in total. The van der Waals surface area contributed by atoms with Gasteiger partial charge in [0.15, 0.2) is 5.82 Å². The van der Waals surface area contributed by atoms with Gasteiger partial charge in [-0.25, -0.2) is 0 Å². The molecule has 0 unspecified atom stereocenters. The third kappa shape index (κ3) is 2.55. The van der Waals surface area contributed by atoms with E-state index in [4.69, 9.17) is 9.68 Å². The summed E-state index contributed by atoms with van der Waals surface area (Å²) in [4.78, 5) is 12.2. The molecule has 1 amide bonds. The van der Waals surface area contributed by atoms with E-state index >= 15 is 0 Å². The summed E-state index contributed by atoms with van der Waals surface area (Å²) >= 11 is 0. The molecule has 0 radical (unpaired) electrons. The smallest absolute Gasteiger partial charge is 0.229 e. The van der Waals surface area contributed by atoms with E-state index in [-0.39, 0.29) is 23.8 Å². The van der Waals surface area contributed by atoms with Gasteiger partial charge in [-0.1, -0.05) is 0 Å². The fourth-order valence-corrected chi connectivity index (χ4v) is 2.34. The molecule has 6 heteroatoms. The zero-order chi connectivity index (χ0) is 15.0. The summed E-state index contributed by atoms with van der Waals surface area (Å²) in [6, 6.07) is 5.90. The molecule has 1 saturated carbocycles. The molecule has 0 aromatic carbocycles. The summed E-state index contributed by atoms with van der Waals surface area (Å²) in [5.41, 5.74) is 0.382. The SMILES string of the molecule is CC(C)n1cc(C#N)c(NC(=O)[C@@H]2C[C@@H]2c2ccco2)n1. The van der Waals surface area contributed by atoms with Crippen LogP contribution in [0.3, 0.4) is 0 Å². The maximum atomic E-state index is 12.2. The van der Waals surface area contributed by atoms with Crippen molar-refractivity contribution >= 4 is 11.7 Å². The van der Waals surface area contributed by atoms with E-state index in [9.17, 15) is 4.79 Å². The predicted octanol–water partition coefficient (Wildman–Crippen LogP) is 2.67. The third-order valence-corrected chi connectivity index (χ3v) is 3.66. The highest BCUT2D eigenvalue weighted by Gasteiger charge is 2.46. The Morgan fingerprint density at radius 2 is 2.43 bits per heavy atom. The van der Waals surface area contributed by atoms with E-state index in [2.05, 4.69) is 16.5 Å². The first-order chi connectivity index (χ1) is 10.1. The summed E-state index contributed by atoms with van der Waals surface area (Å²) < 4.78 is 6.99. The molecule has 6 nitrogen and oxygen atoms in total. The van der Waals surface area contributed by atoms with Gasteiger partial charge in [0.05, 0.1) is 6.26 Å². The van der Waals surface area contributed by atoms with Gasteiger partial charge in [-0.15, -0.1) is 0 Å². The fourth-order valence-electron chi connectivity index (χ4n) is 2.34. The molecule has 0 aliphatic heterocycles. The Hall–Kier alpha value is -2.55. The van der Waals surface area contributed by atoms with Gasteiger partial charge in [0.25, 0.3) is 0 Å². The van der Waals surface area contributed by atoms with Crippen molar-refractivity contribution in [2.24, 2.45) is 5.92 Å². The van der Waals surface area contributed by atoms with Gasteiger partial charge in [-0.05, 0) is 32.4 Å². The minimum Gasteiger partial charge on any atom is -0.469 e.